The van der Waals surface area contributed by atoms with Crippen LogP contribution in [-0.4, -0.2) is 36.5 Å². The van der Waals surface area contributed by atoms with Crippen LogP contribution in [0.2, 0.25) is 0 Å². The second-order valence-electron chi connectivity index (χ2n) is 5.81. The van der Waals surface area contributed by atoms with Crippen molar-refractivity contribution in [2.24, 2.45) is 0 Å². The second-order valence-corrected chi connectivity index (χ2v) is 5.81. The summed E-state index contributed by atoms with van der Waals surface area (Å²) in [6, 6.07) is 9.16. The molecule has 2 N–H and O–H groups in total. The van der Waals surface area contributed by atoms with E-state index in [2.05, 4.69) is 51.6 Å². The molecule has 118 valence electrons. The van der Waals surface area contributed by atoms with Gasteiger partial charge in [-0.2, -0.15) is 5.10 Å². The van der Waals surface area contributed by atoms with Crippen molar-refractivity contribution in [2.75, 3.05) is 31.2 Å². The van der Waals surface area contributed by atoms with Crippen LogP contribution in [0.3, 0.4) is 0 Å². The molecule has 5 nitrogen and oxygen atoms in total. The molecule has 1 atom stereocenters. The van der Waals surface area contributed by atoms with Gasteiger partial charge in [0, 0.05) is 42.6 Å². The summed E-state index contributed by atoms with van der Waals surface area (Å²) in [7, 11) is 0. The first-order chi connectivity index (χ1) is 10.7. The summed E-state index contributed by atoms with van der Waals surface area (Å²) in [5, 5.41) is 10.6. The fourth-order valence-electron chi connectivity index (χ4n) is 2.73. The minimum Gasteiger partial charge on any atom is -0.378 e. The summed E-state index contributed by atoms with van der Waals surface area (Å²) >= 11 is 0. The summed E-state index contributed by atoms with van der Waals surface area (Å²) in [4.78, 5) is 2.38. The van der Waals surface area contributed by atoms with Crippen molar-refractivity contribution in [1.29, 1.82) is 0 Å². The molecule has 0 amide bonds. The Kier molecular flexibility index (Phi) is 4.75. The van der Waals surface area contributed by atoms with E-state index < -0.39 is 0 Å². The fraction of sp³-hybridized carbons (Fsp3) is 0.471. The van der Waals surface area contributed by atoms with Crippen molar-refractivity contribution in [1.82, 2.24) is 15.5 Å². The smallest absolute Gasteiger partial charge is 0.0642 e. The molecule has 1 aliphatic rings. The van der Waals surface area contributed by atoms with E-state index in [9.17, 15) is 0 Å². The molecule has 0 radical (unpaired) electrons. The van der Waals surface area contributed by atoms with Crippen LogP contribution in [0.1, 0.15) is 29.8 Å². The Bertz CT molecular complexity index is 587. The maximum absolute atomic E-state index is 5.40. The van der Waals surface area contributed by atoms with Crippen LogP contribution in [0.25, 0.3) is 0 Å². The number of hydrogen-bond donors (Lipinski definition) is 2. The molecule has 2 aromatic rings. The number of aromatic amines is 1. The topological polar surface area (TPSA) is 53.2 Å². The van der Waals surface area contributed by atoms with Crippen molar-refractivity contribution in [3.8, 4) is 0 Å². The van der Waals surface area contributed by atoms with Crippen molar-refractivity contribution in [2.45, 2.75) is 26.4 Å². The molecule has 0 spiro atoms. The van der Waals surface area contributed by atoms with Gasteiger partial charge in [0.05, 0.1) is 19.4 Å². The Morgan fingerprint density at radius 2 is 2.00 bits per heavy atom. The average Bonchev–Trinajstić information content (AvgIpc) is 2.99. The fourth-order valence-corrected chi connectivity index (χ4v) is 2.73. The highest BCUT2D eigenvalue weighted by molar-refractivity contribution is 5.48. The maximum atomic E-state index is 5.40. The third-order valence-electron chi connectivity index (χ3n) is 4.30. The van der Waals surface area contributed by atoms with E-state index in [-0.39, 0.29) is 0 Å². The monoisotopic (exact) mass is 300 g/mol. The summed E-state index contributed by atoms with van der Waals surface area (Å²) in [5.74, 6) is 0. The molecule has 1 aromatic heterocycles. The molecule has 1 fully saturated rings. The van der Waals surface area contributed by atoms with Gasteiger partial charge in [-0.15, -0.1) is 0 Å². The molecule has 1 aliphatic heterocycles. The zero-order chi connectivity index (χ0) is 15.4. The summed E-state index contributed by atoms with van der Waals surface area (Å²) < 4.78 is 5.40. The third-order valence-corrected chi connectivity index (χ3v) is 4.30. The van der Waals surface area contributed by atoms with Crippen molar-refractivity contribution >= 4 is 5.69 Å². The lowest BCUT2D eigenvalue weighted by atomic mass is 10.1. The van der Waals surface area contributed by atoms with E-state index >= 15 is 0 Å². The Balaban J connectivity index is 1.58. The molecule has 1 saturated heterocycles. The number of anilines is 1. The van der Waals surface area contributed by atoms with E-state index in [1.165, 1.54) is 16.8 Å². The molecule has 2 heterocycles. The predicted octanol–water partition coefficient (Wildman–Crippen LogP) is 2.41. The first-order valence-corrected chi connectivity index (χ1v) is 7.89. The zero-order valence-corrected chi connectivity index (χ0v) is 13.3. The van der Waals surface area contributed by atoms with Crippen LogP contribution >= 0.6 is 0 Å². The summed E-state index contributed by atoms with van der Waals surface area (Å²) in [6.45, 7) is 8.67. The Labute approximate surface area is 131 Å². The second kappa shape index (κ2) is 6.94. The van der Waals surface area contributed by atoms with Gasteiger partial charge in [0.2, 0.25) is 0 Å². The van der Waals surface area contributed by atoms with E-state index in [1.807, 2.05) is 13.1 Å². The SMILES string of the molecule is Cc1[nH]ncc1CN[C@H](C)c1ccc(N2CCOCC2)cc1. The first kappa shape index (κ1) is 15.1. The van der Waals surface area contributed by atoms with Crippen LogP contribution < -0.4 is 10.2 Å². The van der Waals surface area contributed by atoms with E-state index in [4.69, 9.17) is 4.74 Å². The molecule has 0 aliphatic carbocycles. The number of nitrogens with zero attached hydrogens (tertiary/aromatic N) is 2. The third kappa shape index (κ3) is 3.48. The minimum atomic E-state index is 0.313. The van der Waals surface area contributed by atoms with Crippen molar-refractivity contribution in [3.63, 3.8) is 0 Å². The summed E-state index contributed by atoms with van der Waals surface area (Å²) in [5.41, 5.74) is 4.93. The van der Waals surface area contributed by atoms with Crippen LogP contribution in [0.5, 0.6) is 0 Å². The maximum Gasteiger partial charge on any atom is 0.0642 e. The lowest BCUT2D eigenvalue weighted by Crippen LogP contribution is -2.36. The quantitative estimate of drug-likeness (QED) is 0.890. The highest BCUT2D eigenvalue weighted by atomic mass is 16.5. The molecule has 1 aromatic carbocycles. The lowest BCUT2D eigenvalue weighted by Gasteiger charge is -2.29. The number of morpholine rings is 1. The van der Waals surface area contributed by atoms with Crippen LogP contribution in [0.4, 0.5) is 5.69 Å². The van der Waals surface area contributed by atoms with E-state index in [0.717, 1.165) is 38.5 Å². The van der Waals surface area contributed by atoms with Gasteiger partial charge in [-0.25, -0.2) is 0 Å². The highest BCUT2D eigenvalue weighted by Gasteiger charge is 2.12. The van der Waals surface area contributed by atoms with Crippen LogP contribution in [0.15, 0.2) is 30.5 Å². The van der Waals surface area contributed by atoms with Gasteiger partial charge in [-0.1, -0.05) is 12.1 Å². The van der Waals surface area contributed by atoms with Crippen molar-refractivity contribution in [3.05, 3.63) is 47.3 Å². The number of ether oxygens (including phenoxy) is 1. The predicted molar refractivity (Wildman–Crippen MR) is 88.1 cm³/mol. The molecule has 0 unspecified atom stereocenters. The molecule has 22 heavy (non-hydrogen) atoms. The molecule has 5 heteroatoms. The number of hydrogen-bond acceptors (Lipinski definition) is 4. The largest absolute Gasteiger partial charge is 0.378 e. The Morgan fingerprint density at radius 3 is 2.64 bits per heavy atom. The van der Waals surface area contributed by atoms with Gasteiger partial charge >= 0.3 is 0 Å². The molecule has 3 rings (SSSR count). The number of rotatable bonds is 5. The number of benzene rings is 1. The van der Waals surface area contributed by atoms with Gasteiger partial charge in [-0.3, -0.25) is 5.10 Å². The summed E-state index contributed by atoms with van der Waals surface area (Å²) in [6.07, 6.45) is 1.89. The van der Waals surface area contributed by atoms with Gasteiger partial charge in [0.1, 0.15) is 0 Å². The lowest BCUT2D eigenvalue weighted by molar-refractivity contribution is 0.122. The molecule has 0 bridgehead atoms. The number of nitrogens with one attached hydrogen (secondary N) is 2. The van der Waals surface area contributed by atoms with E-state index in [0.29, 0.717) is 6.04 Å². The van der Waals surface area contributed by atoms with Gasteiger partial charge in [0.25, 0.3) is 0 Å². The molecular weight excluding hydrogens is 276 g/mol. The van der Waals surface area contributed by atoms with Crippen molar-refractivity contribution < 1.29 is 4.74 Å². The van der Waals surface area contributed by atoms with E-state index in [1.54, 1.807) is 0 Å². The normalized spacial score (nSPS) is 16.7. The molecule has 0 saturated carbocycles. The standard InChI is InChI=1S/C17H24N4O/c1-13(18-11-16-12-19-20-14(16)2)15-3-5-17(6-4-15)21-7-9-22-10-8-21/h3-6,12-13,18H,7-11H2,1-2H3,(H,19,20)/t13-/m1/s1. The van der Waals surface area contributed by atoms with Crippen LogP contribution in [0, 0.1) is 6.92 Å². The zero-order valence-electron chi connectivity index (χ0n) is 13.3. The van der Waals surface area contributed by atoms with Gasteiger partial charge in [-0.05, 0) is 31.5 Å². The highest BCUT2D eigenvalue weighted by Crippen LogP contribution is 2.20. The number of aryl methyl sites for hydroxylation is 1. The first-order valence-electron chi connectivity index (χ1n) is 7.89. The molecular formula is C17H24N4O. The van der Waals surface area contributed by atoms with Crippen LogP contribution in [-0.2, 0) is 11.3 Å². The average molecular weight is 300 g/mol. The minimum absolute atomic E-state index is 0.313. The van der Waals surface area contributed by atoms with Gasteiger partial charge in [0.15, 0.2) is 0 Å². The van der Waals surface area contributed by atoms with Gasteiger partial charge < -0.3 is 15.0 Å². The number of H-pyrrole nitrogens is 1. The Morgan fingerprint density at radius 1 is 1.27 bits per heavy atom. The Hall–Kier alpha value is -1.85. The number of aromatic nitrogens is 2.